The summed E-state index contributed by atoms with van der Waals surface area (Å²) in [6, 6.07) is -0.400. The van der Waals surface area contributed by atoms with E-state index in [9.17, 15) is 13.2 Å². The van der Waals surface area contributed by atoms with Crippen molar-refractivity contribution in [2.45, 2.75) is 38.8 Å². The molecule has 0 spiro atoms. The van der Waals surface area contributed by atoms with E-state index in [2.05, 4.69) is 0 Å². The van der Waals surface area contributed by atoms with Crippen molar-refractivity contribution in [1.82, 2.24) is 4.90 Å². The molecule has 1 heterocycles. The van der Waals surface area contributed by atoms with Crippen LogP contribution in [-0.4, -0.2) is 56.5 Å². The Bertz CT molecular complexity index is 366. The third-order valence-electron chi connectivity index (χ3n) is 3.22. The van der Waals surface area contributed by atoms with Gasteiger partial charge >= 0.3 is 5.97 Å². The van der Waals surface area contributed by atoms with Crippen molar-refractivity contribution in [3.63, 3.8) is 0 Å². The van der Waals surface area contributed by atoms with Gasteiger partial charge in [-0.15, -0.1) is 0 Å². The van der Waals surface area contributed by atoms with Gasteiger partial charge in [0.1, 0.15) is 6.04 Å². The van der Waals surface area contributed by atoms with Gasteiger partial charge < -0.3 is 4.74 Å². The van der Waals surface area contributed by atoms with Crippen LogP contribution < -0.4 is 0 Å². The molecule has 0 saturated carbocycles. The van der Waals surface area contributed by atoms with Crippen molar-refractivity contribution >= 4 is 15.8 Å². The van der Waals surface area contributed by atoms with Gasteiger partial charge in [-0.25, -0.2) is 8.42 Å². The van der Waals surface area contributed by atoms with E-state index in [1.54, 1.807) is 14.0 Å². The molecule has 17 heavy (non-hydrogen) atoms. The van der Waals surface area contributed by atoms with E-state index in [-0.39, 0.29) is 29.6 Å². The number of rotatable bonds is 5. The normalized spacial score (nSPS) is 24.8. The molecule has 2 atom stereocenters. The highest BCUT2D eigenvalue weighted by Crippen LogP contribution is 2.20. The lowest BCUT2D eigenvalue weighted by molar-refractivity contribution is -0.149. The smallest absolute Gasteiger partial charge is 0.323 e. The maximum Gasteiger partial charge on any atom is 0.323 e. The van der Waals surface area contributed by atoms with E-state index in [4.69, 9.17) is 4.74 Å². The molecule has 0 aromatic carbocycles. The molecule has 1 rings (SSSR count). The van der Waals surface area contributed by atoms with Gasteiger partial charge in [-0.1, -0.05) is 6.92 Å². The number of carbonyl (C=O) groups excluding carboxylic acids is 1. The second kappa shape index (κ2) is 5.82. The molecular weight excluding hydrogens is 242 g/mol. The van der Waals surface area contributed by atoms with Gasteiger partial charge in [0.15, 0.2) is 9.84 Å². The number of carbonyl (C=O) groups is 1. The van der Waals surface area contributed by atoms with Gasteiger partial charge in [0.25, 0.3) is 0 Å². The molecule has 2 unspecified atom stereocenters. The second-order valence-corrected chi connectivity index (χ2v) is 6.63. The van der Waals surface area contributed by atoms with E-state index >= 15 is 0 Å². The molecule has 0 aromatic rings. The zero-order chi connectivity index (χ0) is 13.1. The molecule has 0 aromatic heterocycles. The lowest BCUT2D eigenvalue weighted by Gasteiger charge is -2.29. The average Bonchev–Trinajstić information content (AvgIpc) is 2.60. The Labute approximate surface area is 103 Å². The summed E-state index contributed by atoms with van der Waals surface area (Å²) in [7, 11) is -1.11. The lowest BCUT2D eigenvalue weighted by atomic mass is 10.1. The summed E-state index contributed by atoms with van der Waals surface area (Å²) in [5, 5.41) is 0. The predicted octanol–water partition coefficient (Wildman–Crippen LogP) is 0.447. The Morgan fingerprint density at radius 2 is 2.12 bits per heavy atom. The van der Waals surface area contributed by atoms with Gasteiger partial charge in [-0.05, 0) is 26.8 Å². The van der Waals surface area contributed by atoms with Crippen LogP contribution in [-0.2, 0) is 19.4 Å². The fourth-order valence-electron chi connectivity index (χ4n) is 2.21. The van der Waals surface area contributed by atoms with Crippen LogP contribution in [0.4, 0.5) is 0 Å². The molecule has 1 fully saturated rings. The number of hydrogen-bond acceptors (Lipinski definition) is 5. The SMILES string of the molecule is CCOC(=O)C(CC)N(C)C1CCS(=O)(=O)C1. The molecule has 6 heteroatoms. The van der Waals surface area contributed by atoms with E-state index in [0.29, 0.717) is 19.4 Å². The summed E-state index contributed by atoms with van der Waals surface area (Å²) in [5.41, 5.74) is 0. The van der Waals surface area contributed by atoms with Gasteiger partial charge in [0.05, 0.1) is 18.1 Å². The molecule has 0 bridgehead atoms. The number of ether oxygens (including phenoxy) is 1. The number of hydrogen-bond donors (Lipinski definition) is 0. The van der Waals surface area contributed by atoms with Crippen LogP contribution in [0.15, 0.2) is 0 Å². The summed E-state index contributed by atoms with van der Waals surface area (Å²) in [4.78, 5) is 13.6. The molecule has 100 valence electrons. The molecular formula is C11H21NO4S. The topological polar surface area (TPSA) is 63.7 Å². The fourth-order valence-corrected chi connectivity index (χ4v) is 4.00. The maximum atomic E-state index is 11.7. The van der Waals surface area contributed by atoms with Gasteiger partial charge in [-0.2, -0.15) is 0 Å². The predicted molar refractivity (Wildman–Crippen MR) is 65.5 cm³/mol. The van der Waals surface area contributed by atoms with Crippen molar-refractivity contribution < 1.29 is 17.9 Å². The quantitative estimate of drug-likeness (QED) is 0.674. The minimum absolute atomic E-state index is 0.0608. The van der Waals surface area contributed by atoms with Gasteiger partial charge in [0, 0.05) is 6.04 Å². The molecule has 0 amide bonds. The Balaban J connectivity index is 2.67. The summed E-state index contributed by atoms with van der Waals surface area (Å²) in [5.74, 6) is 0.113. The Morgan fingerprint density at radius 1 is 1.47 bits per heavy atom. The van der Waals surface area contributed by atoms with Crippen molar-refractivity contribution in [2.24, 2.45) is 0 Å². The summed E-state index contributed by atoms with van der Waals surface area (Å²) in [6.45, 7) is 4.03. The monoisotopic (exact) mass is 263 g/mol. The van der Waals surface area contributed by atoms with Crippen molar-refractivity contribution in [2.75, 3.05) is 25.2 Å². The van der Waals surface area contributed by atoms with Crippen molar-refractivity contribution in [3.05, 3.63) is 0 Å². The standard InChI is InChI=1S/C11H21NO4S/c1-4-10(11(13)16-5-2)12(3)9-6-7-17(14,15)8-9/h9-10H,4-8H2,1-3H3. The zero-order valence-corrected chi connectivity index (χ0v) is 11.5. The van der Waals surface area contributed by atoms with E-state index in [1.807, 2.05) is 11.8 Å². The zero-order valence-electron chi connectivity index (χ0n) is 10.7. The molecule has 5 nitrogen and oxygen atoms in total. The Kier molecular flexibility index (Phi) is 4.94. The average molecular weight is 263 g/mol. The Hall–Kier alpha value is -0.620. The van der Waals surface area contributed by atoms with Crippen molar-refractivity contribution in [1.29, 1.82) is 0 Å². The molecule has 1 aliphatic rings. The first-order chi connectivity index (χ1) is 7.91. The van der Waals surface area contributed by atoms with Gasteiger partial charge in [0.2, 0.25) is 0 Å². The van der Waals surface area contributed by atoms with Crippen LogP contribution in [0, 0.1) is 0 Å². The molecule has 0 radical (unpaired) electrons. The first-order valence-corrected chi connectivity index (χ1v) is 7.82. The van der Waals surface area contributed by atoms with Crippen LogP contribution in [0.2, 0.25) is 0 Å². The minimum Gasteiger partial charge on any atom is -0.465 e. The van der Waals surface area contributed by atoms with Crippen LogP contribution in [0.25, 0.3) is 0 Å². The Morgan fingerprint density at radius 3 is 2.53 bits per heavy atom. The molecule has 1 saturated heterocycles. The first-order valence-electron chi connectivity index (χ1n) is 6.00. The van der Waals surface area contributed by atoms with Crippen molar-refractivity contribution in [3.8, 4) is 0 Å². The molecule has 1 aliphatic heterocycles. The van der Waals surface area contributed by atoms with Crippen LogP contribution in [0.5, 0.6) is 0 Å². The number of likely N-dealkylation sites (N-methyl/N-ethyl adjacent to an activating group) is 1. The van der Waals surface area contributed by atoms with Crippen LogP contribution in [0.3, 0.4) is 0 Å². The molecule has 0 N–H and O–H groups in total. The number of esters is 1. The minimum atomic E-state index is -2.91. The highest BCUT2D eigenvalue weighted by molar-refractivity contribution is 7.91. The largest absolute Gasteiger partial charge is 0.465 e. The van der Waals surface area contributed by atoms with Gasteiger partial charge in [-0.3, -0.25) is 9.69 Å². The molecule has 0 aliphatic carbocycles. The van der Waals surface area contributed by atoms with Crippen LogP contribution in [0.1, 0.15) is 26.7 Å². The highest BCUT2D eigenvalue weighted by Gasteiger charge is 2.35. The summed E-state index contributed by atoms with van der Waals surface area (Å²) < 4.78 is 27.8. The highest BCUT2D eigenvalue weighted by atomic mass is 32.2. The van der Waals surface area contributed by atoms with E-state index in [0.717, 1.165) is 0 Å². The number of sulfone groups is 1. The number of nitrogens with zero attached hydrogens (tertiary/aromatic N) is 1. The summed E-state index contributed by atoms with van der Waals surface area (Å²) >= 11 is 0. The summed E-state index contributed by atoms with van der Waals surface area (Å²) in [6.07, 6.45) is 1.24. The van der Waals surface area contributed by atoms with Crippen LogP contribution >= 0.6 is 0 Å². The first kappa shape index (κ1) is 14.4. The fraction of sp³-hybridized carbons (Fsp3) is 0.909. The lowest BCUT2D eigenvalue weighted by Crippen LogP contribution is -2.45. The second-order valence-electron chi connectivity index (χ2n) is 4.40. The maximum absolute atomic E-state index is 11.7. The van der Waals surface area contributed by atoms with E-state index < -0.39 is 9.84 Å². The van der Waals surface area contributed by atoms with E-state index in [1.165, 1.54) is 0 Å². The third kappa shape index (κ3) is 3.67. The third-order valence-corrected chi connectivity index (χ3v) is 4.97.